The monoisotopic (exact) mass is 344 g/mol. The van der Waals surface area contributed by atoms with Gasteiger partial charge in [-0.2, -0.15) is 0 Å². The van der Waals surface area contributed by atoms with E-state index in [9.17, 15) is 5.11 Å². The van der Waals surface area contributed by atoms with Crippen molar-refractivity contribution in [2.45, 2.75) is 31.5 Å². The van der Waals surface area contributed by atoms with Gasteiger partial charge in [-0.3, -0.25) is 4.90 Å². The molecule has 1 aromatic heterocycles. The van der Waals surface area contributed by atoms with Gasteiger partial charge in [-0.1, -0.05) is 42.5 Å². The molecule has 0 bridgehead atoms. The first-order valence-electron chi connectivity index (χ1n) is 9.32. The fourth-order valence-electron chi connectivity index (χ4n) is 4.81. The summed E-state index contributed by atoms with van der Waals surface area (Å²) in [6.07, 6.45) is 5.43. The van der Waals surface area contributed by atoms with Crippen molar-refractivity contribution in [1.82, 2.24) is 9.47 Å². The molecule has 0 fully saturated rings. The van der Waals surface area contributed by atoms with Crippen LogP contribution in [0.25, 0.3) is 16.5 Å². The van der Waals surface area contributed by atoms with E-state index >= 15 is 0 Å². The van der Waals surface area contributed by atoms with Crippen molar-refractivity contribution < 1.29 is 5.11 Å². The average molecular weight is 344 g/mol. The van der Waals surface area contributed by atoms with Crippen LogP contribution >= 0.6 is 0 Å². The zero-order chi connectivity index (χ0) is 17.9. The molecule has 1 aliphatic carbocycles. The molecule has 5 rings (SSSR count). The number of fused-ring (bicyclic) bond motifs is 2. The largest absolute Gasteiger partial charge is 0.385 e. The van der Waals surface area contributed by atoms with E-state index in [1.807, 2.05) is 6.92 Å². The third-order valence-electron chi connectivity index (χ3n) is 5.83. The summed E-state index contributed by atoms with van der Waals surface area (Å²) in [5.41, 5.74) is 5.81. The number of aliphatic hydroxyl groups is 1. The first-order valence-corrected chi connectivity index (χ1v) is 9.32. The zero-order valence-electron chi connectivity index (χ0n) is 15.3. The van der Waals surface area contributed by atoms with Crippen molar-refractivity contribution in [1.29, 1.82) is 0 Å². The van der Waals surface area contributed by atoms with Crippen molar-refractivity contribution in [2.24, 2.45) is 0 Å². The normalized spacial score (nSPS) is 25.2. The molecule has 0 saturated heterocycles. The lowest BCUT2D eigenvalue weighted by atomic mass is 9.79. The van der Waals surface area contributed by atoms with Gasteiger partial charge >= 0.3 is 0 Å². The van der Waals surface area contributed by atoms with Crippen molar-refractivity contribution in [3.05, 3.63) is 77.5 Å². The van der Waals surface area contributed by atoms with Crippen LogP contribution in [0.3, 0.4) is 0 Å². The molecular formula is C23H24N2O. The quantitative estimate of drug-likeness (QED) is 0.768. The minimum absolute atomic E-state index is 0.348. The average Bonchev–Trinajstić information content (AvgIpc) is 2.95. The highest BCUT2D eigenvalue weighted by Gasteiger charge is 2.37. The Balaban J connectivity index is 1.68. The fraction of sp³-hybridized carbons (Fsp3) is 0.304. The van der Waals surface area contributed by atoms with E-state index in [0.717, 1.165) is 13.0 Å². The van der Waals surface area contributed by atoms with E-state index < -0.39 is 5.60 Å². The van der Waals surface area contributed by atoms with E-state index in [4.69, 9.17) is 0 Å². The van der Waals surface area contributed by atoms with E-state index in [0.29, 0.717) is 12.6 Å². The summed E-state index contributed by atoms with van der Waals surface area (Å²) in [7, 11) is 2.12. The summed E-state index contributed by atoms with van der Waals surface area (Å²) in [5, 5.41) is 12.0. The molecule has 0 unspecified atom stereocenters. The molecule has 2 heterocycles. The molecule has 3 heteroatoms. The number of likely N-dealkylation sites (N-methyl/N-ethyl adjacent to an activating group) is 1. The third kappa shape index (κ3) is 2.43. The number of hydrogen-bond donors (Lipinski definition) is 1. The maximum Gasteiger partial charge on any atom is 0.0932 e. The molecule has 0 amide bonds. The number of aromatic nitrogens is 1. The van der Waals surface area contributed by atoms with Crippen molar-refractivity contribution >= 4 is 16.5 Å². The van der Waals surface area contributed by atoms with Crippen LogP contribution in [0.15, 0.2) is 60.8 Å². The summed E-state index contributed by atoms with van der Waals surface area (Å²) in [6.45, 7) is 3.47. The highest BCUT2D eigenvalue weighted by molar-refractivity contribution is 5.99. The minimum Gasteiger partial charge on any atom is -0.385 e. The molecule has 26 heavy (non-hydrogen) atoms. The Bertz CT molecular complexity index is 1010. The summed E-state index contributed by atoms with van der Waals surface area (Å²) in [4.78, 5) is 2.30. The molecule has 1 aliphatic heterocycles. The van der Waals surface area contributed by atoms with Gasteiger partial charge in [0.05, 0.1) is 5.60 Å². The van der Waals surface area contributed by atoms with Crippen LogP contribution in [0.5, 0.6) is 0 Å². The Labute approximate surface area is 154 Å². The van der Waals surface area contributed by atoms with E-state index in [1.165, 1.54) is 33.2 Å². The number of hydrogen-bond acceptors (Lipinski definition) is 2. The molecule has 1 N–H and O–H groups in total. The lowest BCUT2D eigenvalue weighted by Crippen LogP contribution is -2.49. The Morgan fingerprint density at radius 2 is 1.92 bits per heavy atom. The van der Waals surface area contributed by atoms with Crippen LogP contribution < -0.4 is 0 Å². The molecule has 2 atom stereocenters. The highest BCUT2D eigenvalue weighted by atomic mass is 16.3. The molecule has 0 radical (unpaired) electrons. The number of benzene rings is 2. The van der Waals surface area contributed by atoms with Crippen LogP contribution in [0.2, 0.25) is 0 Å². The van der Waals surface area contributed by atoms with Crippen molar-refractivity contribution in [3.63, 3.8) is 0 Å². The Kier molecular flexibility index (Phi) is 3.40. The smallest absolute Gasteiger partial charge is 0.0932 e. The van der Waals surface area contributed by atoms with Gasteiger partial charge in [-0.05, 0) is 54.8 Å². The molecule has 2 aromatic carbocycles. The van der Waals surface area contributed by atoms with Gasteiger partial charge in [0.1, 0.15) is 0 Å². The minimum atomic E-state index is -0.771. The lowest BCUT2D eigenvalue weighted by molar-refractivity contribution is 0.0543. The predicted octanol–water partition coefficient (Wildman–Crippen LogP) is 3.69. The molecule has 3 nitrogen and oxygen atoms in total. The summed E-state index contributed by atoms with van der Waals surface area (Å²) in [6, 6.07) is 17.6. The second kappa shape index (κ2) is 5.57. The fourth-order valence-corrected chi connectivity index (χ4v) is 4.81. The first-order chi connectivity index (χ1) is 12.5. The van der Waals surface area contributed by atoms with Gasteiger partial charge in [0.15, 0.2) is 0 Å². The Morgan fingerprint density at radius 3 is 2.73 bits per heavy atom. The number of β-amino-alcohol motifs (C(OH)–C–C–N with tert-alkyl or cyclic N) is 1. The first kappa shape index (κ1) is 15.9. The van der Waals surface area contributed by atoms with Gasteiger partial charge in [0.25, 0.3) is 0 Å². The van der Waals surface area contributed by atoms with E-state index in [1.54, 1.807) is 0 Å². The number of rotatable bonds is 2. The van der Waals surface area contributed by atoms with Crippen LogP contribution in [0.4, 0.5) is 0 Å². The van der Waals surface area contributed by atoms with Crippen LogP contribution in [-0.2, 0) is 13.0 Å². The topological polar surface area (TPSA) is 28.4 Å². The maximum absolute atomic E-state index is 10.7. The SMILES string of the molecule is CN1C[C@@](C)(O)C=C2c3cccc4c3c(cn4Cc3ccccc3)C[C@H]21. The molecule has 132 valence electrons. The maximum atomic E-state index is 10.7. The van der Waals surface area contributed by atoms with Crippen LogP contribution in [0.1, 0.15) is 23.6 Å². The standard InChI is InChI=1S/C23H24N2O/c1-23(26)12-19-18-9-6-10-20-22(18)17(11-21(19)24(2)15-23)14-25(20)13-16-7-4-3-5-8-16/h3-10,12,14,21,26H,11,13,15H2,1-2H3/t21-,23+/m1/s1. The predicted molar refractivity (Wildman–Crippen MR) is 106 cm³/mol. The third-order valence-corrected chi connectivity index (χ3v) is 5.83. The van der Waals surface area contributed by atoms with Gasteiger partial charge in [0, 0.05) is 36.2 Å². The summed E-state index contributed by atoms with van der Waals surface area (Å²) < 4.78 is 2.37. The molecular weight excluding hydrogens is 320 g/mol. The van der Waals surface area contributed by atoms with E-state index in [-0.39, 0.29) is 0 Å². The van der Waals surface area contributed by atoms with Gasteiger partial charge in [-0.25, -0.2) is 0 Å². The van der Waals surface area contributed by atoms with Crippen LogP contribution in [-0.4, -0.2) is 39.8 Å². The van der Waals surface area contributed by atoms with Gasteiger partial charge in [-0.15, -0.1) is 0 Å². The zero-order valence-corrected chi connectivity index (χ0v) is 15.3. The molecule has 2 aliphatic rings. The number of nitrogens with zero attached hydrogens (tertiary/aromatic N) is 2. The second-order valence-electron chi connectivity index (χ2n) is 8.06. The van der Waals surface area contributed by atoms with Gasteiger partial charge in [0.2, 0.25) is 0 Å². The summed E-state index contributed by atoms with van der Waals surface area (Å²) in [5.74, 6) is 0. The van der Waals surface area contributed by atoms with E-state index in [2.05, 4.69) is 77.3 Å². The van der Waals surface area contributed by atoms with Crippen molar-refractivity contribution in [3.8, 4) is 0 Å². The summed E-state index contributed by atoms with van der Waals surface area (Å²) >= 11 is 0. The van der Waals surface area contributed by atoms with Crippen LogP contribution in [0, 0.1) is 0 Å². The molecule has 0 saturated carbocycles. The Hall–Kier alpha value is -2.36. The Morgan fingerprint density at radius 1 is 1.12 bits per heavy atom. The van der Waals surface area contributed by atoms with Gasteiger partial charge < -0.3 is 9.67 Å². The second-order valence-corrected chi connectivity index (χ2v) is 8.06. The highest BCUT2D eigenvalue weighted by Crippen LogP contribution is 2.42. The lowest BCUT2D eigenvalue weighted by Gasteiger charge is -2.42. The molecule has 3 aromatic rings. The molecule has 0 spiro atoms. The van der Waals surface area contributed by atoms with Crippen molar-refractivity contribution in [2.75, 3.05) is 13.6 Å².